The van der Waals surface area contributed by atoms with E-state index in [9.17, 15) is 22.8 Å². The molecule has 5 nitrogen and oxygen atoms in total. The van der Waals surface area contributed by atoms with Crippen molar-refractivity contribution in [2.45, 2.75) is 26.9 Å². The van der Waals surface area contributed by atoms with Crippen LogP contribution in [0.15, 0.2) is 24.3 Å². The van der Waals surface area contributed by atoms with Crippen LogP contribution < -0.4 is 10.1 Å². The van der Waals surface area contributed by atoms with Gasteiger partial charge in [-0.2, -0.15) is 13.2 Å². The molecule has 27 heavy (non-hydrogen) atoms. The largest absolute Gasteiger partial charge is 0.484 e. The summed E-state index contributed by atoms with van der Waals surface area (Å²) in [5, 5.41) is 2.88. The van der Waals surface area contributed by atoms with Crippen LogP contribution in [0.4, 0.5) is 18.2 Å². The molecule has 1 aromatic heterocycles. The number of hydrogen-bond donors (Lipinski definition) is 1. The van der Waals surface area contributed by atoms with Crippen LogP contribution >= 0.6 is 11.3 Å². The number of halogens is 3. The molecule has 1 N–H and O–H groups in total. The van der Waals surface area contributed by atoms with Gasteiger partial charge in [0, 0.05) is 4.88 Å². The van der Waals surface area contributed by atoms with E-state index in [2.05, 4.69) is 5.32 Å². The van der Waals surface area contributed by atoms with Crippen LogP contribution in [-0.4, -0.2) is 25.1 Å². The molecule has 9 heteroatoms. The number of nitrogens with one attached hydrogen (secondary N) is 1. The third-order valence-electron chi connectivity index (χ3n) is 3.65. The summed E-state index contributed by atoms with van der Waals surface area (Å²) in [5.41, 5.74) is 0.105. The van der Waals surface area contributed by atoms with Crippen molar-refractivity contribution < 1.29 is 32.2 Å². The zero-order valence-electron chi connectivity index (χ0n) is 14.9. The van der Waals surface area contributed by atoms with Crippen LogP contribution in [0.25, 0.3) is 0 Å². The van der Waals surface area contributed by atoms with Gasteiger partial charge >= 0.3 is 12.1 Å². The van der Waals surface area contributed by atoms with E-state index in [4.69, 9.17) is 9.47 Å². The summed E-state index contributed by atoms with van der Waals surface area (Å²) in [7, 11) is 0. The number of carbonyl (C=O) groups excluding carboxylic acids is 2. The lowest BCUT2D eigenvalue weighted by Gasteiger charge is -2.10. The number of rotatable bonds is 6. The van der Waals surface area contributed by atoms with Gasteiger partial charge in [0.05, 0.1) is 17.7 Å². The summed E-state index contributed by atoms with van der Waals surface area (Å²) >= 11 is 1.21. The Hall–Kier alpha value is -2.55. The number of ether oxygens (including phenoxy) is 2. The number of aryl methyl sites for hydroxylation is 1. The number of thiophene rings is 1. The molecule has 2 rings (SSSR count). The Balaban J connectivity index is 2.07. The lowest BCUT2D eigenvalue weighted by Crippen LogP contribution is -2.21. The van der Waals surface area contributed by atoms with Crippen molar-refractivity contribution in [1.82, 2.24) is 0 Å². The fraction of sp³-hybridized carbons (Fsp3) is 0.333. The van der Waals surface area contributed by atoms with Gasteiger partial charge in [0.25, 0.3) is 5.91 Å². The average Bonchev–Trinajstić information content (AvgIpc) is 2.86. The van der Waals surface area contributed by atoms with E-state index in [1.54, 1.807) is 20.8 Å². The fourth-order valence-electron chi connectivity index (χ4n) is 2.24. The van der Waals surface area contributed by atoms with Crippen LogP contribution in [0.5, 0.6) is 5.75 Å². The van der Waals surface area contributed by atoms with Gasteiger partial charge in [0.2, 0.25) is 0 Å². The minimum Gasteiger partial charge on any atom is -0.484 e. The van der Waals surface area contributed by atoms with E-state index in [0.717, 1.165) is 17.0 Å². The van der Waals surface area contributed by atoms with Crippen molar-refractivity contribution in [3.63, 3.8) is 0 Å². The molecule has 1 heterocycles. The van der Waals surface area contributed by atoms with Crippen molar-refractivity contribution >= 4 is 28.2 Å². The summed E-state index contributed by atoms with van der Waals surface area (Å²) in [6, 6.07) is 4.25. The monoisotopic (exact) mass is 401 g/mol. The normalized spacial score (nSPS) is 11.2. The highest BCUT2D eigenvalue weighted by atomic mass is 32.1. The van der Waals surface area contributed by atoms with Gasteiger partial charge in [-0.1, -0.05) is 6.07 Å². The summed E-state index contributed by atoms with van der Waals surface area (Å²) in [6.45, 7) is 4.91. The molecule has 0 atom stereocenters. The lowest BCUT2D eigenvalue weighted by atomic mass is 10.1. The topological polar surface area (TPSA) is 64.6 Å². The van der Waals surface area contributed by atoms with E-state index in [0.29, 0.717) is 10.6 Å². The predicted octanol–water partition coefficient (Wildman–Crippen LogP) is 4.58. The van der Waals surface area contributed by atoms with Crippen molar-refractivity contribution in [3.05, 3.63) is 45.8 Å². The molecule has 0 saturated heterocycles. The van der Waals surface area contributed by atoms with Crippen molar-refractivity contribution in [3.8, 4) is 5.75 Å². The lowest BCUT2D eigenvalue weighted by molar-refractivity contribution is -0.137. The molecule has 1 aromatic carbocycles. The van der Waals surface area contributed by atoms with Gasteiger partial charge in [-0.3, -0.25) is 4.79 Å². The number of alkyl halides is 3. The summed E-state index contributed by atoms with van der Waals surface area (Å²) in [6.07, 6.45) is -4.50. The molecule has 0 unspecified atom stereocenters. The second kappa shape index (κ2) is 8.43. The van der Waals surface area contributed by atoms with Crippen LogP contribution in [0.1, 0.15) is 33.3 Å². The van der Waals surface area contributed by atoms with Crippen molar-refractivity contribution in [1.29, 1.82) is 0 Å². The predicted molar refractivity (Wildman–Crippen MR) is 95.3 cm³/mol. The number of amides is 1. The SMILES string of the molecule is CCOC(=O)c1c(NC(=O)COc2cccc(C(F)(F)F)c2)sc(C)c1C. The fourth-order valence-corrected chi connectivity index (χ4v) is 3.30. The van der Waals surface area contributed by atoms with Gasteiger partial charge in [0.15, 0.2) is 6.61 Å². The quantitative estimate of drug-likeness (QED) is 0.720. The van der Waals surface area contributed by atoms with Crippen LogP contribution in [-0.2, 0) is 15.7 Å². The summed E-state index contributed by atoms with van der Waals surface area (Å²) in [5.74, 6) is -1.23. The Morgan fingerprint density at radius 2 is 1.93 bits per heavy atom. The van der Waals surface area contributed by atoms with Crippen LogP contribution in [0.3, 0.4) is 0 Å². The maximum atomic E-state index is 12.7. The smallest absolute Gasteiger partial charge is 0.416 e. The van der Waals surface area contributed by atoms with Gasteiger partial charge in [-0.05, 0) is 44.5 Å². The molecule has 0 bridgehead atoms. The molecular formula is C18H18F3NO4S. The minimum atomic E-state index is -4.50. The summed E-state index contributed by atoms with van der Waals surface area (Å²) in [4.78, 5) is 25.0. The third kappa shape index (κ3) is 5.22. The van der Waals surface area contributed by atoms with Crippen LogP contribution in [0.2, 0.25) is 0 Å². The zero-order chi connectivity index (χ0) is 20.2. The standard InChI is InChI=1S/C18H18F3NO4S/c1-4-25-17(24)15-10(2)11(3)27-16(15)22-14(23)9-26-13-7-5-6-12(8-13)18(19,20)21/h5-8H,4,9H2,1-3H3,(H,22,23). The number of anilines is 1. The molecule has 0 aliphatic heterocycles. The zero-order valence-corrected chi connectivity index (χ0v) is 15.7. The van der Waals surface area contributed by atoms with Gasteiger partial charge in [-0.15, -0.1) is 11.3 Å². The molecular weight excluding hydrogens is 383 g/mol. The Morgan fingerprint density at radius 3 is 2.56 bits per heavy atom. The minimum absolute atomic E-state index is 0.0795. The van der Waals surface area contributed by atoms with Gasteiger partial charge in [-0.25, -0.2) is 4.79 Å². The number of benzene rings is 1. The van der Waals surface area contributed by atoms with E-state index in [1.807, 2.05) is 0 Å². The molecule has 0 spiro atoms. The first kappa shape index (κ1) is 20.8. The van der Waals surface area contributed by atoms with Gasteiger partial charge in [0.1, 0.15) is 10.8 Å². The first-order chi connectivity index (χ1) is 12.6. The average molecular weight is 401 g/mol. The molecule has 0 aliphatic rings. The molecule has 146 valence electrons. The van der Waals surface area contributed by atoms with Gasteiger partial charge < -0.3 is 14.8 Å². The Morgan fingerprint density at radius 1 is 1.22 bits per heavy atom. The molecule has 1 amide bonds. The van der Waals surface area contributed by atoms with E-state index < -0.39 is 30.2 Å². The highest BCUT2D eigenvalue weighted by molar-refractivity contribution is 7.16. The highest BCUT2D eigenvalue weighted by Crippen LogP contribution is 2.33. The summed E-state index contributed by atoms with van der Waals surface area (Å²) < 4.78 is 48.2. The second-order valence-electron chi connectivity index (χ2n) is 5.57. The molecule has 0 saturated carbocycles. The third-order valence-corrected chi connectivity index (χ3v) is 4.77. The highest BCUT2D eigenvalue weighted by Gasteiger charge is 2.30. The first-order valence-corrected chi connectivity index (χ1v) is 8.82. The number of carbonyl (C=O) groups is 2. The maximum absolute atomic E-state index is 12.7. The molecule has 0 radical (unpaired) electrons. The number of hydrogen-bond acceptors (Lipinski definition) is 5. The van der Waals surface area contributed by atoms with E-state index >= 15 is 0 Å². The Bertz CT molecular complexity index is 846. The molecule has 2 aromatic rings. The molecule has 0 fully saturated rings. The van der Waals surface area contributed by atoms with Crippen molar-refractivity contribution in [2.75, 3.05) is 18.5 Å². The maximum Gasteiger partial charge on any atom is 0.416 e. The Kier molecular flexibility index (Phi) is 6.48. The number of esters is 1. The van der Waals surface area contributed by atoms with E-state index in [1.165, 1.54) is 23.5 Å². The first-order valence-electron chi connectivity index (χ1n) is 8.00. The van der Waals surface area contributed by atoms with E-state index in [-0.39, 0.29) is 17.9 Å². The Labute approximate surface area is 158 Å². The molecule has 0 aliphatic carbocycles. The second-order valence-corrected chi connectivity index (χ2v) is 6.80. The van der Waals surface area contributed by atoms with Crippen LogP contribution in [0, 0.1) is 13.8 Å². The van der Waals surface area contributed by atoms with Crippen molar-refractivity contribution in [2.24, 2.45) is 0 Å².